The lowest BCUT2D eigenvalue weighted by Crippen LogP contribution is -2.58. The third-order valence-electron chi connectivity index (χ3n) is 4.34. The molecule has 3 N–H and O–H groups in total. The molecule has 0 aliphatic carbocycles. The van der Waals surface area contributed by atoms with Gasteiger partial charge in [0.05, 0.1) is 6.61 Å². The van der Waals surface area contributed by atoms with Crippen molar-refractivity contribution in [3.8, 4) is 0 Å². The molecule has 1 rings (SSSR count). The van der Waals surface area contributed by atoms with E-state index in [0.717, 1.165) is 39.0 Å². The lowest BCUT2D eigenvalue weighted by Gasteiger charge is -2.42. The van der Waals surface area contributed by atoms with Crippen molar-refractivity contribution in [3.63, 3.8) is 0 Å². The van der Waals surface area contributed by atoms with Crippen LogP contribution in [0, 0.1) is 0 Å². The van der Waals surface area contributed by atoms with Crippen molar-refractivity contribution in [2.45, 2.75) is 58.2 Å². The minimum atomic E-state index is 0.107. The van der Waals surface area contributed by atoms with E-state index < -0.39 is 0 Å². The zero-order chi connectivity index (χ0) is 13.5. The minimum Gasteiger partial charge on any atom is -0.395 e. The summed E-state index contributed by atoms with van der Waals surface area (Å²) < 4.78 is 0. The van der Waals surface area contributed by atoms with E-state index in [1.807, 2.05) is 0 Å². The van der Waals surface area contributed by atoms with Crippen molar-refractivity contribution in [1.82, 2.24) is 9.80 Å². The number of aliphatic hydroxyl groups excluding tert-OH is 1. The maximum atomic E-state index is 9.56. The van der Waals surface area contributed by atoms with Gasteiger partial charge in [-0.05, 0) is 19.8 Å². The maximum Gasteiger partial charge on any atom is 0.0601 e. The lowest BCUT2D eigenvalue weighted by atomic mass is 10.0. The summed E-state index contributed by atoms with van der Waals surface area (Å²) in [4.78, 5) is 4.91. The fourth-order valence-corrected chi connectivity index (χ4v) is 2.82. The zero-order valence-electron chi connectivity index (χ0n) is 12.3. The van der Waals surface area contributed by atoms with Crippen LogP contribution in [0.1, 0.15) is 40.0 Å². The van der Waals surface area contributed by atoms with E-state index >= 15 is 0 Å². The Kier molecular flexibility index (Phi) is 7.15. The molecule has 108 valence electrons. The molecule has 0 aromatic rings. The molecule has 0 aromatic heterocycles. The molecule has 0 radical (unpaired) electrons. The maximum absolute atomic E-state index is 9.56. The number of piperazine rings is 1. The summed E-state index contributed by atoms with van der Waals surface area (Å²) >= 11 is 0. The minimum absolute atomic E-state index is 0.107. The first kappa shape index (κ1) is 15.9. The molecule has 0 bridgehead atoms. The number of nitrogens with two attached hydrogens (primary N) is 1. The number of hydrogen-bond donors (Lipinski definition) is 2. The third kappa shape index (κ3) is 4.19. The first-order chi connectivity index (χ1) is 8.63. The van der Waals surface area contributed by atoms with Gasteiger partial charge in [0.1, 0.15) is 0 Å². The summed E-state index contributed by atoms with van der Waals surface area (Å²) in [6.45, 7) is 11.1. The predicted molar refractivity (Wildman–Crippen MR) is 76.7 cm³/mol. The van der Waals surface area contributed by atoms with Crippen molar-refractivity contribution in [1.29, 1.82) is 0 Å². The van der Waals surface area contributed by atoms with Gasteiger partial charge in [0, 0.05) is 44.3 Å². The second kappa shape index (κ2) is 8.10. The van der Waals surface area contributed by atoms with Crippen molar-refractivity contribution in [2.24, 2.45) is 5.73 Å². The van der Waals surface area contributed by atoms with Crippen molar-refractivity contribution in [3.05, 3.63) is 0 Å². The molecule has 1 fully saturated rings. The fourth-order valence-electron chi connectivity index (χ4n) is 2.82. The van der Waals surface area contributed by atoms with Gasteiger partial charge in [-0.1, -0.05) is 20.3 Å². The highest BCUT2D eigenvalue weighted by Gasteiger charge is 2.28. The monoisotopic (exact) mass is 257 g/mol. The topological polar surface area (TPSA) is 52.7 Å². The molecule has 0 amide bonds. The largest absolute Gasteiger partial charge is 0.395 e. The highest BCUT2D eigenvalue weighted by Crippen LogP contribution is 2.14. The fraction of sp³-hybridized carbons (Fsp3) is 1.00. The van der Waals surface area contributed by atoms with E-state index in [0.29, 0.717) is 6.04 Å². The quantitative estimate of drug-likeness (QED) is 0.711. The summed E-state index contributed by atoms with van der Waals surface area (Å²) in [5, 5.41) is 9.56. The molecule has 4 nitrogen and oxygen atoms in total. The summed E-state index contributed by atoms with van der Waals surface area (Å²) in [5.41, 5.74) is 6.18. The van der Waals surface area contributed by atoms with Gasteiger partial charge in [0.15, 0.2) is 0 Å². The van der Waals surface area contributed by atoms with Crippen LogP contribution in [0.25, 0.3) is 0 Å². The zero-order valence-corrected chi connectivity index (χ0v) is 12.3. The molecule has 4 heteroatoms. The van der Waals surface area contributed by atoms with Crippen LogP contribution in [-0.4, -0.2) is 65.8 Å². The van der Waals surface area contributed by atoms with Gasteiger partial charge in [-0.25, -0.2) is 0 Å². The molecular formula is C14H31N3O. The average Bonchev–Trinajstić information content (AvgIpc) is 2.40. The van der Waals surface area contributed by atoms with E-state index in [1.165, 1.54) is 6.42 Å². The van der Waals surface area contributed by atoms with Crippen LogP contribution in [0.4, 0.5) is 0 Å². The Hall–Kier alpha value is -0.160. The SMILES string of the molecule is CCCC(N)C(CO)N1CCN(C(C)CC)CC1. The van der Waals surface area contributed by atoms with Crippen LogP contribution < -0.4 is 5.73 Å². The van der Waals surface area contributed by atoms with Gasteiger partial charge >= 0.3 is 0 Å². The van der Waals surface area contributed by atoms with Gasteiger partial charge in [-0.3, -0.25) is 9.80 Å². The van der Waals surface area contributed by atoms with E-state index in [9.17, 15) is 5.11 Å². The van der Waals surface area contributed by atoms with Crippen LogP contribution in [0.2, 0.25) is 0 Å². The lowest BCUT2D eigenvalue weighted by molar-refractivity contribution is 0.0384. The molecule has 1 saturated heterocycles. The van der Waals surface area contributed by atoms with E-state index in [4.69, 9.17) is 5.73 Å². The molecule has 0 spiro atoms. The summed E-state index contributed by atoms with van der Waals surface area (Å²) in [5.74, 6) is 0. The first-order valence-electron chi connectivity index (χ1n) is 7.48. The normalized spacial score (nSPS) is 23.8. The van der Waals surface area contributed by atoms with Gasteiger partial charge in [0.2, 0.25) is 0 Å². The molecular weight excluding hydrogens is 226 g/mol. The van der Waals surface area contributed by atoms with Gasteiger partial charge < -0.3 is 10.8 Å². The third-order valence-corrected chi connectivity index (χ3v) is 4.34. The highest BCUT2D eigenvalue weighted by molar-refractivity contribution is 4.86. The van der Waals surface area contributed by atoms with Crippen LogP contribution in [0.15, 0.2) is 0 Å². The smallest absolute Gasteiger partial charge is 0.0601 e. The summed E-state index contributed by atoms with van der Waals surface area (Å²) in [6, 6.07) is 0.920. The van der Waals surface area contributed by atoms with E-state index in [-0.39, 0.29) is 18.7 Å². The molecule has 0 saturated carbocycles. The van der Waals surface area contributed by atoms with E-state index in [1.54, 1.807) is 0 Å². The number of rotatable bonds is 7. The molecule has 1 heterocycles. The van der Waals surface area contributed by atoms with Gasteiger partial charge in [-0.2, -0.15) is 0 Å². The van der Waals surface area contributed by atoms with Crippen molar-refractivity contribution in [2.75, 3.05) is 32.8 Å². The summed E-state index contributed by atoms with van der Waals surface area (Å²) in [7, 11) is 0. The Morgan fingerprint density at radius 1 is 1.11 bits per heavy atom. The summed E-state index contributed by atoms with van der Waals surface area (Å²) in [6.07, 6.45) is 3.29. The number of hydrogen-bond acceptors (Lipinski definition) is 4. The Balaban J connectivity index is 2.44. The Morgan fingerprint density at radius 3 is 2.11 bits per heavy atom. The van der Waals surface area contributed by atoms with Crippen LogP contribution >= 0.6 is 0 Å². The first-order valence-corrected chi connectivity index (χ1v) is 7.48. The molecule has 1 aliphatic rings. The molecule has 3 unspecified atom stereocenters. The molecule has 0 aromatic carbocycles. The Bertz CT molecular complexity index is 217. The van der Waals surface area contributed by atoms with Gasteiger partial charge in [-0.15, -0.1) is 0 Å². The van der Waals surface area contributed by atoms with Crippen LogP contribution in [-0.2, 0) is 0 Å². The highest BCUT2D eigenvalue weighted by atomic mass is 16.3. The Labute approximate surface area is 112 Å². The average molecular weight is 257 g/mol. The van der Waals surface area contributed by atoms with Crippen molar-refractivity contribution < 1.29 is 5.11 Å². The molecule has 3 atom stereocenters. The van der Waals surface area contributed by atoms with Crippen LogP contribution in [0.5, 0.6) is 0 Å². The number of aliphatic hydroxyl groups is 1. The second-order valence-electron chi connectivity index (χ2n) is 5.53. The number of nitrogens with zero attached hydrogens (tertiary/aromatic N) is 2. The van der Waals surface area contributed by atoms with E-state index in [2.05, 4.69) is 30.6 Å². The van der Waals surface area contributed by atoms with Crippen molar-refractivity contribution >= 4 is 0 Å². The van der Waals surface area contributed by atoms with Crippen LogP contribution in [0.3, 0.4) is 0 Å². The second-order valence-corrected chi connectivity index (χ2v) is 5.53. The Morgan fingerprint density at radius 2 is 1.67 bits per heavy atom. The predicted octanol–water partition coefficient (Wildman–Crippen LogP) is 0.891. The standard InChI is InChI=1S/C14H31N3O/c1-4-6-13(15)14(11-18)17-9-7-16(8-10-17)12(3)5-2/h12-14,18H,4-11,15H2,1-3H3. The molecule has 1 aliphatic heterocycles. The van der Waals surface area contributed by atoms with Gasteiger partial charge in [0.25, 0.3) is 0 Å². The molecule has 18 heavy (non-hydrogen) atoms.